The molecule has 1 aromatic carbocycles. The van der Waals surface area contributed by atoms with Gasteiger partial charge in [-0.3, -0.25) is 14.5 Å². The molecule has 0 bridgehead atoms. The Labute approximate surface area is 151 Å². The van der Waals surface area contributed by atoms with E-state index in [1.165, 1.54) is 12.1 Å². The molecule has 1 aliphatic heterocycles. The number of halogens is 6. The average molecular weight is 391 g/mol. The number of allylic oxidation sites excluding steroid dienone is 1. The van der Waals surface area contributed by atoms with E-state index in [2.05, 4.69) is 0 Å². The van der Waals surface area contributed by atoms with E-state index in [4.69, 9.17) is 0 Å². The zero-order valence-corrected chi connectivity index (χ0v) is 14.0. The third-order valence-electron chi connectivity index (χ3n) is 3.89. The summed E-state index contributed by atoms with van der Waals surface area (Å²) >= 11 is 0. The number of carbonyl (C=O) groups excluding carboxylic acids is 2. The Morgan fingerprint density at radius 2 is 1.52 bits per heavy atom. The van der Waals surface area contributed by atoms with Gasteiger partial charge in [-0.15, -0.1) is 5.73 Å². The summed E-state index contributed by atoms with van der Waals surface area (Å²) < 4.78 is 74.7. The maximum absolute atomic E-state index is 12.9. The van der Waals surface area contributed by atoms with E-state index < -0.39 is 42.6 Å². The second-order valence-electron chi connectivity index (χ2n) is 5.91. The van der Waals surface area contributed by atoms with E-state index in [1.807, 2.05) is 0 Å². The number of unbranched alkanes of at least 4 members (excludes halogenated alkanes) is 1. The zero-order valence-electron chi connectivity index (χ0n) is 14.0. The van der Waals surface area contributed by atoms with Crippen molar-refractivity contribution in [2.24, 2.45) is 0 Å². The van der Waals surface area contributed by atoms with Gasteiger partial charge in [0.2, 0.25) is 0 Å². The normalized spacial score (nSPS) is 14.2. The van der Waals surface area contributed by atoms with Gasteiger partial charge in [0, 0.05) is 6.54 Å². The molecule has 0 atom stereocenters. The van der Waals surface area contributed by atoms with E-state index in [-0.39, 0.29) is 30.5 Å². The fourth-order valence-electron chi connectivity index (χ4n) is 2.60. The van der Waals surface area contributed by atoms with Gasteiger partial charge in [-0.25, -0.2) is 0 Å². The van der Waals surface area contributed by atoms with E-state index in [1.54, 1.807) is 17.9 Å². The van der Waals surface area contributed by atoms with Gasteiger partial charge >= 0.3 is 12.4 Å². The summed E-state index contributed by atoms with van der Waals surface area (Å²) in [5.41, 5.74) is 0.964. The number of imide groups is 1. The van der Waals surface area contributed by atoms with Crippen molar-refractivity contribution < 1.29 is 35.9 Å². The standard InChI is InChI=1S/C18H15F6NO2/c19-17(20,21)10-5-7-12(18(22,23)24)6-3-4-11-25-15(26)13-8-1-2-9-14(13)16(25)27/h1-2,5,8-9H,3-4,6,10-11H2. The van der Waals surface area contributed by atoms with E-state index in [9.17, 15) is 35.9 Å². The van der Waals surface area contributed by atoms with Gasteiger partial charge < -0.3 is 0 Å². The summed E-state index contributed by atoms with van der Waals surface area (Å²) in [5, 5.41) is 0. The number of nitrogens with zero attached hydrogens (tertiary/aromatic N) is 1. The Hall–Kier alpha value is -2.54. The fraction of sp³-hybridized carbons (Fsp3) is 0.389. The Morgan fingerprint density at radius 3 is 2.00 bits per heavy atom. The number of fused-ring (bicyclic) bond motifs is 1. The summed E-state index contributed by atoms with van der Waals surface area (Å²) in [4.78, 5) is 25.2. The molecule has 0 radical (unpaired) electrons. The Bertz CT molecular complexity index is 753. The zero-order chi connectivity index (χ0) is 20.2. The lowest BCUT2D eigenvalue weighted by atomic mass is 10.1. The molecule has 1 aliphatic rings. The molecule has 2 rings (SSSR count). The first-order valence-electron chi connectivity index (χ1n) is 8.04. The third-order valence-corrected chi connectivity index (χ3v) is 3.89. The Balaban J connectivity index is 1.94. The monoisotopic (exact) mass is 391 g/mol. The molecule has 0 saturated heterocycles. The predicted octanol–water partition coefficient (Wildman–Crippen LogP) is 5.05. The van der Waals surface area contributed by atoms with Crippen LogP contribution in [0.3, 0.4) is 0 Å². The van der Waals surface area contributed by atoms with Crippen LogP contribution in [-0.4, -0.2) is 35.6 Å². The number of hydrogen-bond acceptors (Lipinski definition) is 2. The topological polar surface area (TPSA) is 37.4 Å². The lowest BCUT2D eigenvalue weighted by Gasteiger charge is -2.14. The molecular weight excluding hydrogens is 376 g/mol. The molecule has 27 heavy (non-hydrogen) atoms. The molecule has 9 heteroatoms. The minimum Gasteiger partial charge on any atom is -0.274 e. The van der Waals surface area contributed by atoms with Crippen molar-refractivity contribution in [3.8, 4) is 0 Å². The molecule has 0 N–H and O–H groups in total. The first-order chi connectivity index (χ1) is 12.5. The van der Waals surface area contributed by atoms with Crippen LogP contribution < -0.4 is 0 Å². The number of hydrogen-bond donors (Lipinski definition) is 0. The highest BCUT2D eigenvalue weighted by Crippen LogP contribution is 2.30. The maximum atomic E-state index is 12.9. The van der Waals surface area contributed by atoms with Crippen LogP contribution in [0.5, 0.6) is 0 Å². The molecule has 0 aromatic heterocycles. The molecular formula is C18H15F6NO2. The molecule has 3 nitrogen and oxygen atoms in total. The van der Waals surface area contributed by atoms with Crippen LogP contribution in [-0.2, 0) is 0 Å². The molecule has 0 spiro atoms. The maximum Gasteiger partial charge on any atom is 0.419 e. The van der Waals surface area contributed by atoms with Crippen LogP contribution in [0.1, 0.15) is 46.4 Å². The molecule has 0 saturated carbocycles. The van der Waals surface area contributed by atoms with Gasteiger partial charge in [-0.05, 0) is 37.5 Å². The first kappa shape index (κ1) is 20.8. The SMILES string of the molecule is O=C1c2ccccc2C(=O)N1CCCCC(=C=CCC(F)(F)F)C(F)(F)F. The number of benzene rings is 1. The predicted molar refractivity (Wildman–Crippen MR) is 84.0 cm³/mol. The molecule has 1 aromatic rings. The molecule has 2 amide bonds. The molecule has 146 valence electrons. The fourth-order valence-corrected chi connectivity index (χ4v) is 2.60. The van der Waals surface area contributed by atoms with Crippen molar-refractivity contribution in [1.82, 2.24) is 4.90 Å². The van der Waals surface area contributed by atoms with Crippen molar-refractivity contribution in [2.75, 3.05) is 6.54 Å². The summed E-state index contributed by atoms with van der Waals surface area (Å²) in [6, 6.07) is 6.18. The van der Waals surface area contributed by atoms with Gasteiger partial charge in [-0.2, -0.15) is 26.3 Å². The highest BCUT2D eigenvalue weighted by atomic mass is 19.4. The van der Waals surface area contributed by atoms with Crippen LogP contribution in [0.4, 0.5) is 26.3 Å². The Kier molecular flexibility index (Phi) is 6.15. The second-order valence-corrected chi connectivity index (χ2v) is 5.91. The van der Waals surface area contributed by atoms with Crippen molar-refractivity contribution >= 4 is 11.8 Å². The van der Waals surface area contributed by atoms with Crippen LogP contribution >= 0.6 is 0 Å². The molecule has 0 fully saturated rings. The molecule has 0 unspecified atom stereocenters. The minimum absolute atomic E-state index is 0.0604. The quantitative estimate of drug-likeness (QED) is 0.295. The van der Waals surface area contributed by atoms with Crippen LogP contribution in [0.15, 0.2) is 41.6 Å². The lowest BCUT2D eigenvalue weighted by Crippen LogP contribution is -2.30. The highest BCUT2D eigenvalue weighted by Gasteiger charge is 2.35. The summed E-state index contributed by atoms with van der Waals surface area (Å²) in [6.45, 7) is -0.0657. The summed E-state index contributed by atoms with van der Waals surface area (Å²) in [6.07, 6.45) is -11.1. The number of rotatable bonds is 6. The number of amides is 2. The van der Waals surface area contributed by atoms with Crippen molar-refractivity contribution in [2.45, 2.75) is 38.0 Å². The summed E-state index contributed by atoms with van der Waals surface area (Å²) in [7, 11) is 0. The van der Waals surface area contributed by atoms with Gasteiger partial charge in [0.25, 0.3) is 11.8 Å². The smallest absolute Gasteiger partial charge is 0.274 e. The minimum atomic E-state index is -4.79. The van der Waals surface area contributed by atoms with Crippen molar-refractivity contribution in [3.05, 3.63) is 52.8 Å². The summed E-state index contributed by atoms with van der Waals surface area (Å²) in [5.74, 6) is -1.01. The van der Waals surface area contributed by atoms with E-state index in [0.29, 0.717) is 6.08 Å². The Morgan fingerprint density at radius 1 is 0.963 bits per heavy atom. The highest BCUT2D eigenvalue weighted by molar-refractivity contribution is 6.21. The van der Waals surface area contributed by atoms with Crippen LogP contribution in [0, 0.1) is 0 Å². The van der Waals surface area contributed by atoms with Crippen molar-refractivity contribution in [3.63, 3.8) is 0 Å². The lowest BCUT2D eigenvalue weighted by molar-refractivity contribution is -0.125. The van der Waals surface area contributed by atoms with Gasteiger partial charge in [-0.1, -0.05) is 12.1 Å². The molecule has 1 heterocycles. The molecule has 0 aliphatic carbocycles. The van der Waals surface area contributed by atoms with Gasteiger partial charge in [0.15, 0.2) is 0 Å². The average Bonchev–Trinajstić information content (AvgIpc) is 2.80. The third kappa shape index (κ3) is 5.47. The first-order valence-corrected chi connectivity index (χ1v) is 8.04. The van der Waals surface area contributed by atoms with Crippen molar-refractivity contribution in [1.29, 1.82) is 0 Å². The van der Waals surface area contributed by atoms with E-state index in [0.717, 1.165) is 4.90 Å². The van der Waals surface area contributed by atoms with Gasteiger partial charge in [0.1, 0.15) is 0 Å². The largest absolute Gasteiger partial charge is 0.419 e. The van der Waals surface area contributed by atoms with Crippen LogP contribution in [0.25, 0.3) is 0 Å². The number of carbonyl (C=O) groups is 2. The van der Waals surface area contributed by atoms with Gasteiger partial charge in [0.05, 0.1) is 23.1 Å². The van der Waals surface area contributed by atoms with Crippen LogP contribution in [0.2, 0.25) is 0 Å². The second kappa shape index (κ2) is 8.00. The van der Waals surface area contributed by atoms with E-state index >= 15 is 0 Å². The number of alkyl halides is 6.